The van der Waals surface area contributed by atoms with Gasteiger partial charge < -0.3 is 19.4 Å². The quantitative estimate of drug-likeness (QED) is 0.692. The van der Waals surface area contributed by atoms with Gasteiger partial charge in [-0.25, -0.2) is 4.99 Å². The van der Waals surface area contributed by atoms with E-state index in [0.717, 1.165) is 30.2 Å². The number of fused-ring (bicyclic) bond motifs is 2. The summed E-state index contributed by atoms with van der Waals surface area (Å²) in [5.41, 5.74) is 2.26. The second-order valence-electron chi connectivity index (χ2n) is 6.32. The van der Waals surface area contributed by atoms with Crippen molar-refractivity contribution in [1.82, 2.24) is 4.90 Å². The van der Waals surface area contributed by atoms with Crippen molar-refractivity contribution >= 4 is 23.1 Å². The first kappa shape index (κ1) is 17.9. The standard InChI is InChI=1S/C22H21N3O3/c1-3-25(4-2)21-16-14-15(23-22(26)20-10-7-13-27-20)11-12-18(16)28-19-9-6-5-8-17(19)24-21/h5-14H,3-4H2,1-2H3,(H,23,26). The van der Waals surface area contributed by atoms with Crippen LogP contribution < -0.4 is 10.1 Å². The van der Waals surface area contributed by atoms with Gasteiger partial charge in [0.15, 0.2) is 11.5 Å². The number of furan rings is 1. The van der Waals surface area contributed by atoms with Crippen molar-refractivity contribution in [1.29, 1.82) is 0 Å². The van der Waals surface area contributed by atoms with Gasteiger partial charge in [-0.1, -0.05) is 12.1 Å². The van der Waals surface area contributed by atoms with Crippen molar-refractivity contribution in [3.63, 3.8) is 0 Å². The smallest absolute Gasteiger partial charge is 0.291 e. The number of para-hydroxylation sites is 2. The van der Waals surface area contributed by atoms with E-state index in [1.165, 1.54) is 6.26 Å². The molecule has 3 aromatic rings. The average molecular weight is 375 g/mol. The number of hydrogen-bond acceptors (Lipinski definition) is 5. The Morgan fingerprint density at radius 2 is 1.86 bits per heavy atom. The number of amides is 1. The molecule has 6 nitrogen and oxygen atoms in total. The van der Waals surface area contributed by atoms with Crippen molar-refractivity contribution in [3.05, 3.63) is 72.2 Å². The van der Waals surface area contributed by atoms with Crippen molar-refractivity contribution in [3.8, 4) is 11.5 Å². The maximum absolute atomic E-state index is 12.3. The third-order valence-electron chi connectivity index (χ3n) is 4.60. The van der Waals surface area contributed by atoms with Gasteiger partial charge >= 0.3 is 0 Å². The lowest BCUT2D eigenvalue weighted by molar-refractivity contribution is 0.0996. The van der Waals surface area contributed by atoms with Gasteiger partial charge in [-0.3, -0.25) is 4.79 Å². The Hall–Kier alpha value is -3.54. The van der Waals surface area contributed by atoms with Gasteiger partial charge in [0, 0.05) is 18.8 Å². The van der Waals surface area contributed by atoms with E-state index >= 15 is 0 Å². The topological polar surface area (TPSA) is 67.1 Å². The molecule has 1 aliphatic rings. The number of carbonyl (C=O) groups excluding carboxylic acids is 1. The van der Waals surface area contributed by atoms with Crippen LogP contribution in [0.3, 0.4) is 0 Å². The number of hydrogen-bond donors (Lipinski definition) is 1. The first-order chi connectivity index (χ1) is 13.7. The molecule has 0 saturated heterocycles. The molecule has 2 aromatic carbocycles. The fourth-order valence-electron chi connectivity index (χ4n) is 3.16. The van der Waals surface area contributed by atoms with E-state index in [9.17, 15) is 4.79 Å². The number of nitrogens with zero attached hydrogens (tertiary/aromatic N) is 2. The highest BCUT2D eigenvalue weighted by atomic mass is 16.5. The van der Waals surface area contributed by atoms with E-state index < -0.39 is 0 Å². The van der Waals surface area contributed by atoms with E-state index in [4.69, 9.17) is 14.1 Å². The molecule has 1 N–H and O–H groups in total. The zero-order valence-electron chi connectivity index (χ0n) is 15.8. The van der Waals surface area contributed by atoms with Crippen LogP contribution in [-0.4, -0.2) is 29.7 Å². The molecule has 1 amide bonds. The number of carbonyl (C=O) groups is 1. The molecule has 6 heteroatoms. The molecule has 142 valence electrons. The number of nitrogens with one attached hydrogen (secondary N) is 1. The molecule has 28 heavy (non-hydrogen) atoms. The highest BCUT2D eigenvalue weighted by molar-refractivity contribution is 6.06. The molecular weight excluding hydrogens is 354 g/mol. The summed E-state index contributed by atoms with van der Waals surface area (Å²) in [5, 5.41) is 2.87. The van der Waals surface area contributed by atoms with E-state index in [-0.39, 0.29) is 11.7 Å². The molecule has 0 aliphatic carbocycles. The van der Waals surface area contributed by atoms with Crippen LogP contribution in [0.4, 0.5) is 11.4 Å². The second-order valence-corrected chi connectivity index (χ2v) is 6.32. The molecule has 1 aliphatic heterocycles. The summed E-state index contributed by atoms with van der Waals surface area (Å²) in [6.07, 6.45) is 1.47. The molecule has 2 heterocycles. The molecule has 0 fully saturated rings. The van der Waals surface area contributed by atoms with Crippen LogP contribution in [0.5, 0.6) is 11.5 Å². The van der Waals surface area contributed by atoms with Crippen LogP contribution >= 0.6 is 0 Å². The first-order valence-electron chi connectivity index (χ1n) is 9.29. The molecule has 0 spiro atoms. The Labute approximate surface area is 163 Å². The highest BCUT2D eigenvalue weighted by Gasteiger charge is 2.22. The molecule has 1 aromatic heterocycles. The van der Waals surface area contributed by atoms with Gasteiger partial charge in [-0.2, -0.15) is 0 Å². The third-order valence-corrected chi connectivity index (χ3v) is 4.60. The average Bonchev–Trinajstić information content (AvgIpc) is 3.20. The Balaban J connectivity index is 1.76. The monoisotopic (exact) mass is 375 g/mol. The number of amidine groups is 1. The number of ether oxygens (including phenoxy) is 1. The van der Waals surface area contributed by atoms with E-state index in [1.807, 2.05) is 42.5 Å². The summed E-state index contributed by atoms with van der Waals surface area (Å²) in [5.74, 6) is 2.18. The van der Waals surface area contributed by atoms with Crippen LogP contribution in [-0.2, 0) is 0 Å². The van der Waals surface area contributed by atoms with Crippen LogP contribution in [0, 0.1) is 0 Å². The van der Waals surface area contributed by atoms with Gasteiger partial charge in [-0.05, 0) is 56.3 Å². The minimum Gasteiger partial charge on any atom is -0.459 e. The van der Waals surface area contributed by atoms with Gasteiger partial charge in [0.05, 0.1) is 11.8 Å². The number of aliphatic imine (C=N–C) groups is 1. The van der Waals surface area contributed by atoms with E-state index in [0.29, 0.717) is 17.2 Å². The zero-order valence-corrected chi connectivity index (χ0v) is 15.8. The zero-order chi connectivity index (χ0) is 19.5. The van der Waals surface area contributed by atoms with Crippen molar-refractivity contribution < 1.29 is 13.9 Å². The van der Waals surface area contributed by atoms with Crippen LogP contribution in [0.2, 0.25) is 0 Å². The minimum absolute atomic E-state index is 0.260. The normalized spacial score (nSPS) is 12.1. The van der Waals surface area contributed by atoms with Gasteiger partial charge in [0.2, 0.25) is 0 Å². The highest BCUT2D eigenvalue weighted by Crippen LogP contribution is 2.38. The van der Waals surface area contributed by atoms with Crippen LogP contribution in [0.1, 0.15) is 30.0 Å². The first-order valence-corrected chi connectivity index (χ1v) is 9.29. The van der Waals surface area contributed by atoms with Gasteiger partial charge in [-0.15, -0.1) is 0 Å². The summed E-state index contributed by atoms with van der Waals surface area (Å²) < 4.78 is 11.3. The molecule has 0 saturated carbocycles. The maximum atomic E-state index is 12.3. The Morgan fingerprint density at radius 3 is 2.61 bits per heavy atom. The molecule has 0 bridgehead atoms. The van der Waals surface area contributed by atoms with Gasteiger partial charge in [0.25, 0.3) is 5.91 Å². The largest absolute Gasteiger partial charge is 0.459 e. The molecular formula is C22H21N3O3. The van der Waals surface area contributed by atoms with Crippen molar-refractivity contribution in [2.45, 2.75) is 13.8 Å². The summed E-state index contributed by atoms with van der Waals surface area (Å²) in [7, 11) is 0. The third kappa shape index (κ3) is 3.36. The number of anilines is 1. The summed E-state index contributed by atoms with van der Waals surface area (Å²) in [6, 6.07) is 16.6. The minimum atomic E-state index is -0.302. The SMILES string of the molecule is CCN(CC)C1=Nc2ccccc2Oc2ccc(NC(=O)c3ccco3)cc21. The molecule has 4 rings (SSSR count). The number of benzene rings is 2. The van der Waals surface area contributed by atoms with E-state index in [1.54, 1.807) is 12.1 Å². The summed E-state index contributed by atoms with van der Waals surface area (Å²) in [6.45, 7) is 5.79. The lowest BCUT2D eigenvalue weighted by Gasteiger charge is -2.23. The lowest BCUT2D eigenvalue weighted by atomic mass is 10.1. The molecule has 0 radical (unpaired) electrons. The molecule has 0 unspecified atom stereocenters. The fraction of sp³-hybridized carbons (Fsp3) is 0.182. The Bertz CT molecular complexity index is 1020. The Morgan fingerprint density at radius 1 is 1.04 bits per heavy atom. The predicted octanol–water partition coefficient (Wildman–Crippen LogP) is 5.06. The molecule has 0 atom stereocenters. The maximum Gasteiger partial charge on any atom is 0.291 e. The Kier molecular flexibility index (Phi) is 4.85. The second kappa shape index (κ2) is 7.60. The summed E-state index contributed by atoms with van der Waals surface area (Å²) >= 11 is 0. The predicted molar refractivity (Wildman–Crippen MR) is 109 cm³/mol. The van der Waals surface area contributed by atoms with Crippen molar-refractivity contribution in [2.75, 3.05) is 18.4 Å². The summed E-state index contributed by atoms with van der Waals surface area (Å²) in [4.78, 5) is 19.4. The van der Waals surface area contributed by atoms with Crippen LogP contribution in [0.25, 0.3) is 0 Å². The fourth-order valence-corrected chi connectivity index (χ4v) is 3.16. The number of rotatable bonds is 4. The van der Waals surface area contributed by atoms with Gasteiger partial charge in [0.1, 0.15) is 17.3 Å². The van der Waals surface area contributed by atoms with Crippen LogP contribution in [0.15, 0.2) is 70.3 Å². The van der Waals surface area contributed by atoms with E-state index in [2.05, 4.69) is 24.1 Å². The van der Waals surface area contributed by atoms with Crippen molar-refractivity contribution in [2.24, 2.45) is 4.99 Å². The lowest BCUT2D eigenvalue weighted by Crippen LogP contribution is -2.31.